The normalized spacial score (nSPS) is 12.4. The fourth-order valence-electron chi connectivity index (χ4n) is 2.33. The second-order valence-corrected chi connectivity index (χ2v) is 7.58. The van der Waals surface area contributed by atoms with Crippen LogP contribution in [0.4, 0.5) is 0 Å². The summed E-state index contributed by atoms with van der Waals surface area (Å²) in [5, 5.41) is 0. The molecule has 6 nitrogen and oxygen atoms in total. The Morgan fingerprint density at radius 2 is 1.65 bits per heavy atom. The van der Waals surface area contributed by atoms with Crippen molar-refractivity contribution in [1.82, 2.24) is 10.3 Å². The second-order valence-electron chi connectivity index (χ2n) is 5.90. The molecule has 0 heterocycles. The SMILES string of the molecule is CCOc1ccc(C(=O)NNS(=O)(=O)c2ccc([C@@H](C)CC)cc2)cc1. The molecule has 0 unspecified atom stereocenters. The third-order valence-electron chi connectivity index (χ3n) is 4.10. The van der Waals surface area contributed by atoms with Crippen molar-refractivity contribution in [3.05, 3.63) is 59.7 Å². The standard InChI is InChI=1S/C19H24N2O4S/c1-4-14(3)15-8-12-18(13-9-15)26(23,24)21-20-19(22)16-6-10-17(11-7-16)25-5-2/h6-14,21H,4-5H2,1-3H3,(H,20,22)/t14-/m0/s1. The lowest BCUT2D eigenvalue weighted by molar-refractivity contribution is 0.0945. The van der Waals surface area contributed by atoms with Crippen LogP contribution in [0.5, 0.6) is 5.75 Å². The van der Waals surface area contributed by atoms with Crippen LogP contribution in [0.1, 0.15) is 49.0 Å². The number of carbonyl (C=O) groups excluding carboxylic acids is 1. The number of hydrogen-bond acceptors (Lipinski definition) is 4. The summed E-state index contributed by atoms with van der Waals surface area (Å²) in [5.74, 6) is 0.456. The van der Waals surface area contributed by atoms with Gasteiger partial charge in [-0.1, -0.05) is 26.0 Å². The predicted molar refractivity (Wildman–Crippen MR) is 101 cm³/mol. The van der Waals surface area contributed by atoms with Gasteiger partial charge in [0.25, 0.3) is 15.9 Å². The summed E-state index contributed by atoms with van der Waals surface area (Å²) in [6.07, 6.45) is 0.975. The maximum Gasteiger partial charge on any atom is 0.266 e. The van der Waals surface area contributed by atoms with Gasteiger partial charge in [-0.3, -0.25) is 10.2 Å². The number of rotatable bonds is 8. The van der Waals surface area contributed by atoms with Crippen LogP contribution in [-0.2, 0) is 10.0 Å². The predicted octanol–water partition coefficient (Wildman–Crippen LogP) is 3.22. The molecule has 0 aliphatic heterocycles. The number of amides is 1. The first-order valence-electron chi connectivity index (χ1n) is 8.52. The van der Waals surface area contributed by atoms with E-state index < -0.39 is 15.9 Å². The van der Waals surface area contributed by atoms with Gasteiger partial charge < -0.3 is 4.74 Å². The molecule has 0 aliphatic carbocycles. The van der Waals surface area contributed by atoms with Crippen molar-refractivity contribution in [1.29, 1.82) is 0 Å². The molecular weight excluding hydrogens is 352 g/mol. The highest BCUT2D eigenvalue weighted by atomic mass is 32.2. The van der Waals surface area contributed by atoms with Crippen LogP contribution < -0.4 is 15.0 Å². The molecule has 0 fully saturated rings. The van der Waals surface area contributed by atoms with Gasteiger partial charge in [0.05, 0.1) is 11.5 Å². The maximum atomic E-state index is 12.3. The maximum absolute atomic E-state index is 12.3. The van der Waals surface area contributed by atoms with Crippen LogP contribution in [0.3, 0.4) is 0 Å². The monoisotopic (exact) mass is 376 g/mol. The van der Waals surface area contributed by atoms with Crippen molar-refractivity contribution in [3.8, 4) is 5.75 Å². The number of hydrazine groups is 1. The second kappa shape index (κ2) is 8.82. The first-order valence-corrected chi connectivity index (χ1v) is 10.0. The van der Waals surface area contributed by atoms with Crippen molar-refractivity contribution in [2.45, 2.75) is 38.0 Å². The van der Waals surface area contributed by atoms with E-state index in [1.807, 2.05) is 6.92 Å². The third kappa shape index (κ3) is 5.06. The van der Waals surface area contributed by atoms with Crippen LogP contribution in [-0.4, -0.2) is 20.9 Å². The summed E-state index contributed by atoms with van der Waals surface area (Å²) >= 11 is 0. The zero-order valence-corrected chi connectivity index (χ0v) is 16.0. The minimum Gasteiger partial charge on any atom is -0.494 e. The fraction of sp³-hybridized carbons (Fsp3) is 0.316. The molecule has 140 valence electrons. The Labute approximate surface area is 154 Å². The van der Waals surface area contributed by atoms with Crippen LogP contribution >= 0.6 is 0 Å². The zero-order valence-electron chi connectivity index (χ0n) is 15.2. The molecule has 2 aromatic rings. The minimum absolute atomic E-state index is 0.0940. The van der Waals surface area contributed by atoms with Crippen LogP contribution in [0, 0.1) is 0 Å². The number of sulfonamides is 1. The molecule has 0 radical (unpaired) electrons. The van der Waals surface area contributed by atoms with Gasteiger partial charge in [-0.05, 0) is 61.2 Å². The highest BCUT2D eigenvalue weighted by Crippen LogP contribution is 2.20. The van der Waals surface area contributed by atoms with E-state index in [-0.39, 0.29) is 4.90 Å². The Balaban J connectivity index is 2.01. The molecule has 26 heavy (non-hydrogen) atoms. The molecule has 0 spiro atoms. The molecule has 2 rings (SSSR count). The Bertz CT molecular complexity index is 831. The van der Waals surface area contributed by atoms with Gasteiger partial charge in [-0.2, -0.15) is 0 Å². The van der Waals surface area contributed by atoms with E-state index >= 15 is 0 Å². The summed E-state index contributed by atoms with van der Waals surface area (Å²) in [4.78, 5) is 14.3. The highest BCUT2D eigenvalue weighted by molar-refractivity contribution is 7.89. The van der Waals surface area contributed by atoms with E-state index in [1.54, 1.807) is 36.4 Å². The lowest BCUT2D eigenvalue weighted by Crippen LogP contribution is -2.41. The van der Waals surface area contributed by atoms with Crippen LogP contribution in [0.15, 0.2) is 53.4 Å². The van der Waals surface area contributed by atoms with Gasteiger partial charge in [0, 0.05) is 5.56 Å². The summed E-state index contributed by atoms with van der Waals surface area (Å²) < 4.78 is 29.9. The zero-order chi connectivity index (χ0) is 19.2. The van der Waals surface area contributed by atoms with Gasteiger partial charge in [0.2, 0.25) is 0 Å². The highest BCUT2D eigenvalue weighted by Gasteiger charge is 2.16. The average molecular weight is 376 g/mol. The summed E-state index contributed by atoms with van der Waals surface area (Å²) in [6, 6.07) is 13.1. The first kappa shape index (κ1) is 19.9. The largest absolute Gasteiger partial charge is 0.494 e. The smallest absolute Gasteiger partial charge is 0.266 e. The Kier molecular flexibility index (Phi) is 6.76. The van der Waals surface area contributed by atoms with Crippen molar-refractivity contribution >= 4 is 15.9 Å². The number of hydrogen-bond donors (Lipinski definition) is 2. The number of ether oxygens (including phenoxy) is 1. The van der Waals surface area contributed by atoms with Crippen molar-refractivity contribution < 1.29 is 17.9 Å². The van der Waals surface area contributed by atoms with E-state index in [9.17, 15) is 13.2 Å². The van der Waals surface area contributed by atoms with Gasteiger partial charge in [-0.25, -0.2) is 8.42 Å². The lowest BCUT2D eigenvalue weighted by Gasteiger charge is -2.11. The molecule has 1 atom stereocenters. The van der Waals surface area contributed by atoms with Crippen molar-refractivity contribution in [3.63, 3.8) is 0 Å². The van der Waals surface area contributed by atoms with E-state index in [4.69, 9.17) is 4.74 Å². The van der Waals surface area contributed by atoms with E-state index in [0.717, 1.165) is 12.0 Å². The molecule has 0 bridgehead atoms. The Morgan fingerprint density at radius 1 is 1.04 bits per heavy atom. The van der Waals surface area contributed by atoms with Crippen LogP contribution in [0.2, 0.25) is 0 Å². The lowest BCUT2D eigenvalue weighted by atomic mass is 9.99. The summed E-state index contributed by atoms with van der Waals surface area (Å²) in [6.45, 7) is 6.55. The van der Waals surface area contributed by atoms with Gasteiger partial charge in [0.1, 0.15) is 5.75 Å². The van der Waals surface area contributed by atoms with Crippen molar-refractivity contribution in [2.75, 3.05) is 6.61 Å². The molecule has 2 aromatic carbocycles. The number of benzene rings is 2. The molecule has 0 saturated heterocycles. The van der Waals surface area contributed by atoms with Gasteiger partial charge >= 0.3 is 0 Å². The summed E-state index contributed by atoms with van der Waals surface area (Å²) in [5.41, 5.74) is 3.62. The fourth-order valence-corrected chi connectivity index (χ4v) is 3.16. The molecule has 0 aliphatic rings. The molecule has 1 amide bonds. The van der Waals surface area contributed by atoms with Crippen molar-refractivity contribution in [2.24, 2.45) is 0 Å². The molecular formula is C19H24N2O4S. The Morgan fingerprint density at radius 3 is 2.19 bits per heavy atom. The van der Waals surface area contributed by atoms with Gasteiger partial charge in [0.15, 0.2) is 0 Å². The topological polar surface area (TPSA) is 84.5 Å². The van der Waals surface area contributed by atoms with Gasteiger partial charge in [-0.15, -0.1) is 4.83 Å². The molecule has 7 heteroatoms. The van der Waals surface area contributed by atoms with E-state index in [2.05, 4.69) is 24.1 Å². The van der Waals surface area contributed by atoms with E-state index in [0.29, 0.717) is 23.8 Å². The molecule has 0 aromatic heterocycles. The first-order chi connectivity index (χ1) is 12.4. The number of nitrogens with one attached hydrogen (secondary N) is 2. The average Bonchev–Trinajstić information content (AvgIpc) is 2.66. The Hall–Kier alpha value is -2.38. The van der Waals surface area contributed by atoms with E-state index in [1.165, 1.54) is 12.1 Å². The third-order valence-corrected chi connectivity index (χ3v) is 5.36. The van der Waals surface area contributed by atoms with Crippen LogP contribution in [0.25, 0.3) is 0 Å². The minimum atomic E-state index is -3.84. The molecule has 2 N–H and O–H groups in total. The molecule has 0 saturated carbocycles. The quantitative estimate of drug-likeness (QED) is 0.693. The summed E-state index contributed by atoms with van der Waals surface area (Å²) in [7, 11) is -3.84. The number of carbonyl (C=O) groups is 1.